The monoisotopic (exact) mass is 306 g/mol. The van der Waals surface area contributed by atoms with Crippen molar-refractivity contribution < 1.29 is 4.79 Å². The molecule has 0 atom stereocenters. The maximum atomic E-state index is 10.6. The fourth-order valence-corrected chi connectivity index (χ4v) is 2.56. The number of carbonyl (C=O) groups is 1. The highest BCUT2D eigenvalue weighted by molar-refractivity contribution is 9.11. The lowest BCUT2D eigenvalue weighted by molar-refractivity contribution is 0.259. The van der Waals surface area contributed by atoms with Gasteiger partial charge >= 0.3 is 6.03 Å². The molecule has 0 saturated heterocycles. The minimum atomic E-state index is -0.578. The van der Waals surface area contributed by atoms with Crippen LogP contribution in [0.5, 0.6) is 0 Å². The zero-order valence-corrected chi connectivity index (χ0v) is 10.1. The molecule has 2 amide bonds. The molecule has 3 N–H and O–H groups in total. The van der Waals surface area contributed by atoms with E-state index in [0.717, 1.165) is 14.5 Å². The first-order chi connectivity index (χ1) is 6.00. The molecule has 1 aromatic rings. The summed E-state index contributed by atoms with van der Waals surface area (Å²) < 4.78 is 1.61. The van der Waals surface area contributed by atoms with Crippen LogP contribution in [0.1, 0.15) is 5.56 Å². The summed E-state index contributed by atoms with van der Waals surface area (Å²) in [6.07, 6.45) is 0. The number of urea groups is 1. The number of amides is 2. The molecule has 1 rings (SSSR count). The summed E-state index contributed by atoms with van der Waals surface area (Å²) >= 11 is 6.65. The highest BCUT2D eigenvalue weighted by Crippen LogP contribution is 2.31. The second-order valence-electron chi connectivity index (χ2n) is 2.59. The van der Waals surface area contributed by atoms with Crippen molar-refractivity contribution in [3.63, 3.8) is 0 Å². The second kappa shape index (κ2) is 4.11. The number of aryl methyl sites for hydroxylation is 1. The van der Waals surface area contributed by atoms with Gasteiger partial charge in [0.25, 0.3) is 0 Å². The van der Waals surface area contributed by atoms with Crippen molar-refractivity contribution in [3.05, 3.63) is 26.6 Å². The van der Waals surface area contributed by atoms with E-state index in [4.69, 9.17) is 5.73 Å². The zero-order valence-electron chi connectivity index (χ0n) is 6.90. The van der Waals surface area contributed by atoms with Gasteiger partial charge in [0, 0.05) is 8.95 Å². The molecule has 0 fully saturated rings. The Kier molecular flexibility index (Phi) is 3.33. The normalized spacial score (nSPS) is 9.77. The largest absolute Gasteiger partial charge is 0.351 e. The molecule has 0 unspecified atom stereocenters. The maximum Gasteiger partial charge on any atom is 0.316 e. The van der Waals surface area contributed by atoms with Gasteiger partial charge in [-0.2, -0.15) is 0 Å². The molecule has 0 saturated carbocycles. The summed E-state index contributed by atoms with van der Waals surface area (Å²) in [7, 11) is 0. The third kappa shape index (κ3) is 2.70. The van der Waals surface area contributed by atoms with Gasteiger partial charge in [-0.15, -0.1) is 0 Å². The van der Waals surface area contributed by atoms with Crippen molar-refractivity contribution in [3.8, 4) is 0 Å². The number of hydrogen-bond donors (Lipinski definition) is 2. The van der Waals surface area contributed by atoms with E-state index in [1.807, 2.05) is 19.1 Å². The first kappa shape index (κ1) is 10.5. The van der Waals surface area contributed by atoms with E-state index in [9.17, 15) is 4.79 Å². The van der Waals surface area contributed by atoms with Crippen LogP contribution in [0.4, 0.5) is 10.5 Å². The Morgan fingerprint density at radius 2 is 1.85 bits per heavy atom. The van der Waals surface area contributed by atoms with Gasteiger partial charge < -0.3 is 11.1 Å². The summed E-state index contributed by atoms with van der Waals surface area (Å²) in [5.74, 6) is 0. The Morgan fingerprint density at radius 3 is 2.23 bits per heavy atom. The van der Waals surface area contributed by atoms with Crippen LogP contribution in [0.25, 0.3) is 0 Å². The number of carbonyl (C=O) groups excluding carboxylic acids is 1. The SMILES string of the molecule is Cc1cc(Br)c(NC(N)=O)c(Br)c1. The number of hydrogen-bond acceptors (Lipinski definition) is 1. The van der Waals surface area contributed by atoms with Gasteiger partial charge in [0.15, 0.2) is 0 Å². The van der Waals surface area contributed by atoms with E-state index in [0.29, 0.717) is 5.69 Å². The third-order valence-corrected chi connectivity index (χ3v) is 2.69. The van der Waals surface area contributed by atoms with E-state index < -0.39 is 6.03 Å². The highest BCUT2D eigenvalue weighted by Gasteiger charge is 2.07. The standard InChI is InChI=1S/C8H8Br2N2O/c1-4-2-5(9)7(6(10)3-4)12-8(11)13/h2-3H,1H3,(H3,11,12,13). The Hall–Kier alpha value is -0.550. The van der Waals surface area contributed by atoms with Gasteiger partial charge in [0.2, 0.25) is 0 Å². The minimum absolute atomic E-state index is 0.578. The number of primary amides is 1. The van der Waals surface area contributed by atoms with Gasteiger partial charge in [0.05, 0.1) is 5.69 Å². The van der Waals surface area contributed by atoms with Crippen molar-refractivity contribution in [2.24, 2.45) is 5.73 Å². The van der Waals surface area contributed by atoms with Crippen LogP contribution in [0.15, 0.2) is 21.1 Å². The molecule has 0 aliphatic carbocycles. The predicted octanol–water partition coefficient (Wildman–Crippen LogP) is 3.01. The van der Waals surface area contributed by atoms with Gasteiger partial charge in [-0.05, 0) is 56.5 Å². The Bertz CT molecular complexity index is 329. The van der Waals surface area contributed by atoms with Crippen LogP contribution in [0.3, 0.4) is 0 Å². The van der Waals surface area contributed by atoms with E-state index in [-0.39, 0.29) is 0 Å². The fourth-order valence-electron chi connectivity index (χ4n) is 0.942. The Morgan fingerprint density at radius 1 is 1.38 bits per heavy atom. The maximum absolute atomic E-state index is 10.6. The molecule has 3 nitrogen and oxygen atoms in total. The van der Waals surface area contributed by atoms with Crippen molar-refractivity contribution in [1.82, 2.24) is 0 Å². The molecule has 0 bridgehead atoms. The summed E-state index contributed by atoms with van der Waals surface area (Å²) in [4.78, 5) is 10.6. The van der Waals surface area contributed by atoms with Crippen LogP contribution in [0, 0.1) is 6.92 Å². The Labute approximate surface area is 92.9 Å². The minimum Gasteiger partial charge on any atom is -0.351 e. The first-order valence-electron chi connectivity index (χ1n) is 3.53. The van der Waals surface area contributed by atoms with Gasteiger partial charge in [-0.1, -0.05) is 0 Å². The van der Waals surface area contributed by atoms with Crippen molar-refractivity contribution in [2.45, 2.75) is 6.92 Å². The van der Waals surface area contributed by atoms with E-state index in [1.165, 1.54) is 0 Å². The fraction of sp³-hybridized carbons (Fsp3) is 0.125. The molecule has 1 aromatic carbocycles. The number of benzene rings is 1. The van der Waals surface area contributed by atoms with Crippen LogP contribution in [-0.4, -0.2) is 6.03 Å². The van der Waals surface area contributed by atoms with Gasteiger partial charge in [-0.25, -0.2) is 4.79 Å². The first-order valence-corrected chi connectivity index (χ1v) is 5.11. The zero-order chi connectivity index (χ0) is 10.0. The number of halogens is 2. The van der Waals surface area contributed by atoms with E-state index in [2.05, 4.69) is 37.2 Å². The van der Waals surface area contributed by atoms with Crippen molar-refractivity contribution in [2.75, 3.05) is 5.32 Å². The number of nitrogens with one attached hydrogen (secondary N) is 1. The summed E-state index contributed by atoms with van der Waals surface area (Å²) in [5, 5.41) is 2.51. The third-order valence-electron chi connectivity index (χ3n) is 1.43. The highest BCUT2D eigenvalue weighted by atomic mass is 79.9. The van der Waals surface area contributed by atoms with Crippen LogP contribution >= 0.6 is 31.9 Å². The van der Waals surface area contributed by atoms with Crippen LogP contribution in [0.2, 0.25) is 0 Å². The average molecular weight is 308 g/mol. The van der Waals surface area contributed by atoms with Crippen molar-refractivity contribution >= 4 is 43.6 Å². The summed E-state index contributed by atoms with van der Waals surface area (Å²) in [6, 6.07) is 3.22. The molecule has 0 aromatic heterocycles. The lowest BCUT2D eigenvalue weighted by Gasteiger charge is -2.08. The van der Waals surface area contributed by atoms with Crippen molar-refractivity contribution in [1.29, 1.82) is 0 Å². The quantitative estimate of drug-likeness (QED) is 0.823. The summed E-state index contributed by atoms with van der Waals surface area (Å²) in [6.45, 7) is 1.96. The molecule has 5 heteroatoms. The molecule has 13 heavy (non-hydrogen) atoms. The lowest BCUT2D eigenvalue weighted by Crippen LogP contribution is -2.19. The summed E-state index contributed by atoms with van der Waals surface area (Å²) in [5.41, 5.74) is 6.75. The Balaban J connectivity index is 3.13. The number of nitrogens with two attached hydrogens (primary N) is 1. The number of anilines is 1. The van der Waals surface area contributed by atoms with Gasteiger partial charge in [0.1, 0.15) is 0 Å². The molecule has 0 aliphatic heterocycles. The van der Waals surface area contributed by atoms with Crippen LogP contribution in [-0.2, 0) is 0 Å². The van der Waals surface area contributed by atoms with E-state index in [1.54, 1.807) is 0 Å². The second-order valence-corrected chi connectivity index (χ2v) is 4.30. The molecule has 70 valence electrons. The molecule has 0 aliphatic rings. The molecule has 0 radical (unpaired) electrons. The molecular weight excluding hydrogens is 300 g/mol. The molecule has 0 heterocycles. The predicted molar refractivity (Wildman–Crippen MR) is 59.8 cm³/mol. The molecular formula is C8H8Br2N2O. The van der Waals surface area contributed by atoms with Crippen LogP contribution < -0.4 is 11.1 Å². The van der Waals surface area contributed by atoms with E-state index >= 15 is 0 Å². The van der Waals surface area contributed by atoms with Gasteiger partial charge in [-0.3, -0.25) is 0 Å². The number of rotatable bonds is 1. The topological polar surface area (TPSA) is 55.1 Å². The smallest absolute Gasteiger partial charge is 0.316 e. The average Bonchev–Trinajstić information content (AvgIpc) is 1.96. The molecule has 0 spiro atoms. The lowest BCUT2D eigenvalue weighted by atomic mass is 10.2.